The maximum atomic E-state index is 13.7. The maximum Gasteiger partial charge on any atom is 0.282 e. The lowest BCUT2D eigenvalue weighted by atomic mass is 10.2. The quantitative estimate of drug-likeness (QED) is 0.759. The normalized spacial score (nSPS) is 17.2. The first-order valence-corrected chi connectivity index (χ1v) is 10.8. The van der Waals surface area contributed by atoms with Gasteiger partial charge in [0, 0.05) is 5.02 Å². The van der Waals surface area contributed by atoms with Crippen molar-refractivity contribution in [2.24, 2.45) is 0 Å². The second-order valence-electron chi connectivity index (χ2n) is 6.71. The third-order valence-electron chi connectivity index (χ3n) is 4.95. The Morgan fingerprint density at radius 1 is 1.14 bits per heavy atom. The summed E-state index contributed by atoms with van der Waals surface area (Å²) < 4.78 is 40.6. The van der Waals surface area contributed by atoms with E-state index in [4.69, 9.17) is 11.6 Å². The lowest BCUT2D eigenvalue weighted by Crippen LogP contribution is -3.19. The lowest BCUT2D eigenvalue weighted by Gasteiger charge is -2.34. The topological polar surface area (TPSA) is 70.9 Å². The first kappa shape index (κ1) is 20.7. The SMILES string of the molecule is C[C@H](C(=O)Nc1ccccc1F)[NH+]1CCN(S(=O)(=O)c2ccc(Cl)cc2)CC1. The van der Waals surface area contributed by atoms with Crippen LogP contribution in [0, 0.1) is 5.82 Å². The van der Waals surface area contributed by atoms with Crippen LogP contribution in [-0.2, 0) is 14.8 Å². The molecule has 28 heavy (non-hydrogen) atoms. The van der Waals surface area contributed by atoms with Crippen molar-refractivity contribution in [2.75, 3.05) is 31.5 Å². The van der Waals surface area contributed by atoms with Crippen LogP contribution in [0.1, 0.15) is 6.92 Å². The van der Waals surface area contributed by atoms with E-state index in [1.807, 2.05) is 0 Å². The van der Waals surface area contributed by atoms with E-state index >= 15 is 0 Å². The number of benzene rings is 2. The van der Waals surface area contributed by atoms with Gasteiger partial charge in [-0.25, -0.2) is 12.8 Å². The molecule has 0 spiro atoms. The van der Waals surface area contributed by atoms with Gasteiger partial charge in [0.1, 0.15) is 5.82 Å². The van der Waals surface area contributed by atoms with Crippen LogP contribution in [0.5, 0.6) is 0 Å². The molecule has 1 heterocycles. The number of quaternary nitrogens is 1. The van der Waals surface area contributed by atoms with Crippen molar-refractivity contribution < 1.29 is 22.5 Å². The molecule has 1 saturated heterocycles. The Morgan fingerprint density at radius 3 is 2.36 bits per heavy atom. The number of hydrogen-bond donors (Lipinski definition) is 2. The molecular formula is C19H22ClFN3O3S+. The molecule has 1 aliphatic rings. The van der Waals surface area contributed by atoms with Crippen LogP contribution in [0.3, 0.4) is 0 Å². The second kappa shape index (κ2) is 8.57. The Bertz CT molecular complexity index is 945. The van der Waals surface area contributed by atoms with Crippen LogP contribution < -0.4 is 10.2 Å². The molecular weight excluding hydrogens is 405 g/mol. The largest absolute Gasteiger partial charge is 0.323 e. The van der Waals surface area contributed by atoms with Gasteiger partial charge >= 0.3 is 0 Å². The number of halogens is 2. The summed E-state index contributed by atoms with van der Waals surface area (Å²) in [6.07, 6.45) is 0. The Balaban J connectivity index is 1.60. The van der Waals surface area contributed by atoms with Crippen LogP contribution in [0.25, 0.3) is 0 Å². The molecule has 2 aromatic rings. The summed E-state index contributed by atoms with van der Waals surface area (Å²) >= 11 is 5.83. The van der Waals surface area contributed by atoms with E-state index in [-0.39, 0.29) is 16.5 Å². The number of sulfonamides is 1. The van der Waals surface area contributed by atoms with E-state index in [2.05, 4.69) is 5.32 Å². The fourth-order valence-electron chi connectivity index (χ4n) is 3.19. The predicted molar refractivity (Wildman–Crippen MR) is 105 cm³/mol. The molecule has 1 amide bonds. The molecule has 6 nitrogen and oxygen atoms in total. The molecule has 1 fully saturated rings. The second-order valence-corrected chi connectivity index (χ2v) is 9.08. The van der Waals surface area contributed by atoms with Gasteiger partial charge < -0.3 is 10.2 Å². The number of piperazine rings is 1. The summed E-state index contributed by atoms with van der Waals surface area (Å²) in [7, 11) is -3.59. The molecule has 1 aliphatic heterocycles. The Labute approximate surface area is 168 Å². The minimum absolute atomic E-state index is 0.141. The molecule has 3 rings (SSSR count). The molecule has 0 aromatic heterocycles. The Kier molecular flexibility index (Phi) is 6.34. The minimum atomic E-state index is -3.59. The van der Waals surface area contributed by atoms with Gasteiger partial charge in [0.15, 0.2) is 6.04 Å². The molecule has 0 unspecified atom stereocenters. The third-order valence-corrected chi connectivity index (χ3v) is 7.12. The van der Waals surface area contributed by atoms with E-state index in [0.29, 0.717) is 31.2 Å². The third kappa shape index (κ3) is 4.52. The fourth-order valence-corrected chi connectivity index (χ4v) is 4.76. The van der Waals surface area contributed by atoms with Gasteiger partial charge in [-0.3, -0.25) is 4.79 Å². The van der Waals surface area contributed by atoms with Crippen molar-refractivity contribution in [3.8, 4) is 0 Å². The number of carbonyl (C=O) groups excluding carboxylic acids is 1. The smallest absolute Gasteiger partial charge is 0.282 e. The molecule has 1 atom stereocenters. The number of para-hydroxylation sites is 1. The van der Waals surface area contributed by atoms with Gasteiger partial charge in [0.05, 0.1) is 36.8 Å². The summed E-state index contributed by atoms with van der Waals surface area (Å²) in [5.41, 5.74) is 0.141. The van der Waals surface area contributed by atoms with Crippen molar-refractivity contribution in [1.29, 1.82) is 0 Å². The molecule has 0 saturated carbocycles. The highest BCUT2D eigenvalue weighted by atomic mass is 35.5. The average Bonchev–Trinajstić information content (AvgIpc) is 2.69. The zero-order chi connectivity index (χ0) is 20.3. The van der Waals surface area contributed by atoms with Crippen LogP contribution in [0.15, 0.2) is 53.4 Å². The summed E-state index contributed by atoms with van der Waals surface area (Å²) in [6.45, 7) is 3.33. The van der Waals surface area contributed by atoms with Gasteiger partial charge in [-0.1, -0.05) is 23.7 Å². The molecule has 0 radical (unpaired) electrons. The predicted octanol–water partition coefficient (Wildman–Crippen LogP) is 1.40. The fraction of sp³-hybridized carbons (Fsp3) is 0.316. The first-order valence-electron chi connectivity index (χ1n) is 8.95. The molecule has 150 valence electrons. The van der Waals surface area contributed by atoms with Crippen LogP contribution in [0.2, 0.25) is 5.02 Å². The van der Waals surface area contributed by atoms with E-state index in [0.717, 1.165) is 4.90 Å². The zero-order valence-electron chi connectivity index (χ0n) is 15.4. The number of carbonyl (C=O) groups is 1. The number of rotatable bonds is 5. The van der Waals surface area contributed by atoms with E-state index in [1.165, 1.54) is 28.6 Å². The van der Waals surface area contributed by atoms with Crippen LogP contribution >= 0.6 is 11.6 Å². The Hall–Kier alpha value is -2.00. The maximum absolute atomic E-state index is 13.7. The minimum Gasteiger partial charge on any atom is -0.323 e. The van der Waals surface area contributed by atoms with E-state index in [9.17, 15) is 17.6 Å². The van der Waals surface area contributed by atoms with Gasteiger partial charge in [-0.2, -0.15) is 4.31 Å². The standard InChI is InChI=1S/C19H21ClFN3O3S/c1-14(19(25)22-18-5-3-2-4-17(18)21)23-10-12-24(13-11-23)28(26,27)16-8-6-15(20)7-9-16/h2-9,14H,10-13H2,1H3,(H,22,25)/p+1/t14-/m1/s1. The highest BCUT2D eigenvalue weighted by Gasteiger charge is 2.34. The summed E-state index contributed by atoms with van der Waals surface area (Å²) in [6, 6.07) is 11.6. The monoisotopic (exact) mass is 426 g/mol. The first-order chi connectivity index (χ1) is 13.3. The number of nitrogens with zero attached hydrogens (tertiary/aromatic N) is 1. The number of amides is 1. The van der Waals surface area contributed by atoms with Crippen LogP contribution in [0.4, 0.5) is 10.1 Å². The van der Waals surface area contributed by atoms with Crippen molar-refractivity contribution >= 4 is 33.2 Å². The van der Waals surface area contributed by atoms with Crippen molar-refractivity contribution in [3.05, 3.63) is 59.4 Å². The van der Waals surface area contributed by atoms with Crippen molar-refractivity contribution in [2.45, 2.75) is 17.9 Å². The summed E-state index contributed by atoms with van der Waals surface area (Å²) in [4.78, 5) is 13.6. The molecule has 0 bridgehead atoms. The van der Waals surface area contributed by atoms with Gasteiger partial charge in [0.2, 0.25) is 10.0 Å². The Morgan fingerprint density at radius 2 is 1.75 bits per heavy atom. The molecule has 2 N–H and O–H groups in total. The molecule has 9 heteroatoms. The molecule has 0 aliphatic carbocycles. The van der Waals surface area contributed by atoms with E-state index < -0.39 is 21.9 Å². The summed E-state index contributed by atoms with van der Waals surface area (Å²) in [5, 5.41) is 3.08. The van der Waals surface area contributed by atoms with Gasteiger partial charge in [-0.15, -0.1) is 0 Å². The average molecular weight is 427 g/mol. The lowest BCUT2D eigenvalue weighted by molar-refractivity contribution is -0.917. The number of anilines is 1. The molecule has 2 aromatic carbocycles. The van der Waals surface area contributed by atoms with Gasteiger partial charge in [-0.05, 0) is 43.3 Å². The number of hydrogen-bond acceptors (Lipinski definition) is 3. The van der Waals surface area contributed by atoms with Crippen molar-refractivity contribution in [1.82, 2.24) is 4.31 Å². The van der Waals surface area contributed by atoms with Crippen LogP contribution in [-0.4, -0.2) is 50.9 Å². The highest BCUT2D eigenvalue weighted by molar-refractivity contribution is 7.89. The van der Waals surface area contributed by atoms with E-state index in [1.54, 1.807) is 31.2 Å². The number of nitrogens with one attached hydrogen (secondary N) is 2. The van der Waals surface area contributed by atoms with Gasteiger partial charge in [0.25, 0.3) is 5.91 Å². The van der Waals surface area contributed by atoms with Crippen molar-refractivity contribution in [3.63, 3.8) is 0 Å². The highest BCUT2D eigenvalue weighted by Crippen LogP contribution is 2.18. The summed E-state index contributed by atoms with van der Waals surface area (Å²) in [5.74, 6) is -0.786. The zero-order valence-corrected chi connectivity index (χ0v) is 16.9.